The highest BCUT2D eigenvalue weighted by atomic mass is 16.5. The molecule has 136 valence electrons. The minimum Gasteiger partial charge on any atom is -0.507 e. The number of aromatic nitrogens is 4. The lowest BCUT2D eigenvalue weighted by atomic mass is 10.2. The number of phenolic OH excluding ortho intramolecular Hbond substituents is 1. The highest BCUT2D eigenvalue weighted by Crippen LogP contribution is 2.26. The molecule has 0 aliphatic carbocycles. The molecule has 0 radical (unpaired) electrons. The molecule has 0 bridgehead atoms. The number of aromatic hydroxyl groups is 1. The summed E-state index contributed by atoms with van der Waals surface area (Å²) in [6, 6.07) is 13.0. The summed E-state index contributed by atoms with van der Waals surface area (Å²) in [7, 11) is 1.54. The first kappa shape index (κ1) is 16.8. The second-order valence-corrected chi connectivity index (χ2v) is 5.86. The predicted molar refractivity (Wildman–Crippen MR) is 104 cm³/mol. The lowest BCUT2D eigenvalue weighted by Crippen LogP contribution is -2.02. The van der Waals surface area contributed by atoms with E-state index in [0.717, 1.165) is 28.6 Å². The van der Waals surface area contributed by atoms with E-state index in [-0.39, 0.29) is 11.7 Å². The number of aryl methyl sites for hydroxylation is 1. The third kappa shape index (κ3) is 3.01. The van der Waals surface area contributed by atoms with Crippen molar-refractivity contribution in [2.45, 2.75) is 13.5 Å². The normalized spacial score (nSPS) is 11.5. The highest BCUT2D eigenvalue weighted by molar-refractivity contribution is 6.04. The van der Waals surface area contributed by atoms with Gasteiger partial charge in [-0.05, 0) is 25.1 Å². The van der Waals surface area contributed by atoms with Gasteiger partial charge >= 0.3 is 0 Å². The molecule has 0 spiro atoms. The molecule has 0 fully saturated rings. The van der Waals surface area contributed by atoms with E-state index in [1.54, 1.807) is 19.2 Å². The van der Waals surface area contributed by atoms with E-state index in [4.69, 9.17) is 4.74 Å². The number of ether oxygens (including phenoxy) is 1. The summed E-state index contributed by atoms with van der Waals surface area (Å²) in [5.41, 5.74) is 5.89. The number of para-hydroxylation sites is 1. The Morgan fingerprint density at radius 1 is 1.22 bits per heavy atom. The molecule has 0 aliphatic heterocycles. The Bertz CT molecular complexity index is 1150. The second kappa shape index (κ2) is 6.91. The van der Waals surface area contributed by atoms with Crippen LogP contribution in [0, 0.1) is 0 Å². The number of fused-ring (bicyclic) bond motifs is 3. The highest BCUT2D eigenvalue weighted by Gasteiger charge is 2.13. The molecular weight excluding hydrogens is 344 g/mol. The van der Waals surface area contributed by atoms with Crippen LogP contribution in [0.2, 0.25) is 0 Å². The molecule has 0 saturated heterocycles. The first-order valence-corrected chi connectivity index (χ1v) is 8.49. The van der Waals surface area contributed by atoms with Crippen molar-refractivity contribution in [3.63, 3.8) is 0 Å². The maximum absolute atomic E-state index is 9.96. The van der Waals surface area contributed by atoms with Crippen molar-refractivity contribution in [3.8, 4) is 11.5 Å². The van der Waals surface area contributed by atoms with Gasteiger partial charge < -0.3 is 14.4 Å². The topological polar surface area (TPSA) is 97.5 Å². The molecule has 4 rings (SSSR count). The number of hydrogen-bond donors (Lipinski definition) is 2. The van der Waals surface area contributed by atoms with Crippen LogP contribution >= 0.6 is 0 Å². The third-order valence-corrected chi connectivity index (χ3v) is 4.30. The number of hydrogen-bond acceptors (Lipinski definition) is 7. The van der Waals surface area contributed by atoms with Crippen molar-refractivity contribution in [2.24, 2.45) is 5.10 Å². The van der Waals surface area contributed by atoms with Crippen LogP contribution in [0.1, 0.15) is 12.5 Å². The average molecular weight is 362 g/mol. The monoisotopic (exact) mass is 362 g/mol. The van der Waals surface area contributed by atoms with Crippen molar-refractivity contribution in [1.29, 1.82) is 0 Å². The molecule has 27 heavy (non-hydrogen) atoms. The lowest BCUT2D eigenvalue weighted by molar-refractivity contribution is 0.407. The summed E-state index contributed by atoms with van der Waals surface area (Å²) in [5, 5.41) is 23.5. The van der Waals surface area contributed by atoms with Crippen molar-refractivity contribution in [1.82, 2.24) is 19.7 Å². The maximum atomic E-state index is 9.96. The van der Waals surface area contributed by atoms with Gasteiger partial charge in [0.1, 0.15) is 17.0 Å². The van der Waals surface area contributed by atoms with E-state index in [1.165, 1.54) is 12.3 Å². The van der Waals surface area contributed by atoms with Gasteiger partial charge in [0.15, 0.2) is 5.65 Å². The summed E-state index contributed by atoms with van der Waals surface area (Å²) < 4.78 is 7.15. The van der Waals surface area contributed by atoms with Crippen molar-refractivity contribution < 1.29 is 9.84 Å². The van der Waals surface area contributed by atoms with Gasteiger partial charge in [-0.3, -0.25) is 0 Å². The first-order chi connectivity index (χ1) is 13.2. The molecule has 0 atom stereocenters. The van der Waals surface area contributed by atoms with E-state index in [9.17, 15) is 5.11 Å². The molecule has 0 amide bonds. The number of nitrogens with zero attached hydrogens (tertiary/aromatic N) is 5. The van der Waals surface area contributed by atoms with Gasteiger partial charge in [-0.15, -0.1) is 10.2 Å². The molecule has 2 aromatic heterocycles. The summed E-state index contributed by atoms with van der Waals surface area (Å²) in [6.45, 7) is 2.83. The van der Waals surface area contributed by atoms with Crippen LogP contribution in [-0.4, -0.2) is 38.2 Å². The lowest BCUT2D eigenvalue weighted by Gasteiger charge is -2.03. The van der Waals surface area contributed by atoms with Gasteiger partial charge in [-0.1, -0.05) is 18.2 Å². The Labute approximate surface area is 155 Å². The fraction of sp³-hybridized carbons (Fsp3) is 0.158. The second-order valence-electron chi connectivity index (χ2n) is 5.86. The van der Waals surface area contributed by atoms with Gasteiger partial charge in [0, 0.05) is 23.6 Å². The van der Waals surface area contributed by atoms with Crippen LogP contribution < -0.4 is 10.2 Å². The standard InChI is InChI=1S/C19H18N6O2/c1-3-25-15-7-5-4-6-14(15)17-18(25)21-19(24-22-17)23-20-11-12-8-9-13(27-2)10-16(12)26/h4-11,26H,3H2,1-2H3,(H,21,23,24)/b20-11+. The number of phenols is 1. The van der Waals surface area contributed by atoms with E-state index in [2.05, 4.69) is 37.2 Å². The molecule has 4 aromatic rings. The summed E-state index contributed by atoms with van der Waals surface area (Å²) in [4.78, 5) is 4.55. The zero-order valence-corrected chi connectivity index (χ0v) is 14.9. The van der Waals surface area contributed by atoms with Crippen molar-refractivity contribution in [2.75, 3.05) is 12.5 Å². The minimum absolute atomic E-state index is 0.0699. The van der Waals surface area contributed by atoms with Crippen LogP contribution in [0.15, 0.2) is 47.6 Å². The smallest absolute Gasteiger partial charge is 0.265 e. The molecule has 8 heteroatoms. The zero-order chi connectivity index (χ0) is 18.8. The van der Waals surface area contributed by atoms with E-state index in [1.807, 2.05) is 24.3 Å². The van der Waals surface area contributed by atoms with Gasteiger partial charge in [0.05, 0.1) is 18.8 Å². The maximum Gasteiger partial charge on any atom is 0.265 e. The molecule has 2 aromatic carbocycles. The predicted octanol–water partition coefficient (Wildman–Crippen LogP) is 3.16. The summed E-state index contributed by atoms with van der Waals surface area (Å²) in [5.74, 6) is 0.924. The number of hydrazone groups is 1. The van der Waals surface area contributed by atoms with Gasteiger partial charge in [0.25, 0.3) is 5.95 Å². The van der Waals surface area contributed by atoms with Gasteiger partial charge in [0.2, 0.25) is 0 Å². The van der Waals surface area contributed by atoms with Crippen LogP contribution in [0.4, 0.5) is 5.95 Å². The minimum atomic E-state index is 0.0699. The van der Waals surface area contributed by atoms with Gasteiger partial charge in [-0.25, -0.2) is 5.43 Å². The number of nitrogens with one attached hydrogen (secondary N) is 1. The molecule has 0 aliphatic rings. The Morgan fingerprint density at radius 2 is 2.07 bits per heavy atom. The van der Waals surface area contributed by atoms with Crippen LogP contribution in [0.3, 0.4) is 0 Å². The molecule has 0 saturated carbocycles. The van der Waals surface area contributed by atoms with E-state index < -0.39 is 0 Å². The molecule has 2 N–H and O–H groups in total. The van der Waals surface area contributed by atoms with E-state index >= 15 is 0 Å². The van der Waals surface area contributed by atoms with Crippen LogP contribution in [0.25, 0.3) is 22.1 Å². The fourth-order valence-corrected chi connectivity index (χ4v) is 2.99. The molecule has 8 nitrogen and oxygen atoms in total. The summed E-state index contributed by atoms with van der Waals surface area (Å²) >= 11 is 0. The van der Waals surface area contributed by atoms with Gasteiger partial charge in [-0.2, -0.15) is 10.1 Å². The largest absolute Gasteiger partial charge is 0.507 e. The molecule has 0 unspecified atom stereocenters. The quantitative estimate of drug-likeness (QED) is 0.418. The molecule has 2 heterocycles. The Hall–Kier alpha value is -3.68. The number of anilines is 1. The Morgan fingerprint density at radius 3 is 2.85 bits per heavy atom. The van der Waals surface area contributed by atoms with Crippen molar-refractivity contribution in [3.05, 3.63) is 48.0 Å². The Balaban J connectivity index is 1.64. The van der Waals surface area contributed by atoms with Crippen LogP contribution in [0.5, 0.6) is 11.5 Å². The third-order valence-electron chi connectivity index (χ3n) is 4.30. The average Bonchev–Trinajstić information content (AvgIpc) is 3.02. The number of methoxy groups -OCH3 is 1. The Kier molecular flexibility index (Phi) is 4.29. The SMILES string of the molecule is CCn1c2ccccc2c2nnc(N/N=C/c3ccc(OC)cc3O)nc21. The summed E-state index contributed by atoms with van der Waals surface area (Å²) in [6.07, 6.45) is 1.48. The molecular formula is C19H18N6O2. The number of benzene rings is 2. The first-order valence-electron chi connectivity index (χ1n) is 8.49. The van der Waals surface area contributed by atoms with Crippen molar-refractivity contribution >= 4 is 34.2 Å². The van der Waals surface area contributed by atoms with Crippen LogP contribution in [-0.2, 0) is 6.54 Å². The zero-order valence-electron chi connectivity index (χ0n) is 14.9. The van der Waals surface area contributed by atoms with E-state index in [0.29, 0.717) is 11.3 Å². The fourth-order valence-electron chi connectivity index (χ4n) is 2.99. The number of rotatable bonds is 5.